The van der Waals surface area contributed by atoms with Crippen molar-refractivity contribution < 1.29 is 9.59 Å². The average molecular weight is 170 g/mol. The van der Waals surface area contributed by atoms with Gasteiger partial charge < -0.3 is 5.32 Å². The van der Waals surface area contributed by atoms with Gasteiger partial charge in [0.1, 0.15) is 5.69 Å². The van der Waals surface area contributed by atoms with Crippen molar-refractivity contribution in [3.8, 4) is 0 Å². The summed E-state index contributed by atoms with van der Waals surface area (Å²) in [7, 11) is 0. The second-order valence-corrected chi connectivity index (χ2v) is 2.73. The highest BCUT2D eigenvalue weighted by Gasteiger charge is 2.00. The zero-order chi connectivity index (χ0) is 8.27. The zero-order valence-corrected chi connectivity index (χ0v) is 6.64. The average Bonchev–Trinajstić information content (AvgIpc) is 2.34. The van der Waals surface area contributed by atoms with E-state index in [4.69, 9.17) is 0 Å². The van der Waals surface area contributed by atoms with E-state index < -0.39 is 0 Å². The highest BCUT2D eigenvalue weighted by molar-refractivity contribution is 7.14. The van der Waals surface area contributed by atoms with Gasteiger partial charge in [-0.05, 0) is 0 Å². The zero-order valence-electron chi connectivity index (χ0n) is 5.83. The van der Waals surface area contributed by atoms with E-state index in [-0.39, 0.29) is 5.91 Å². The topological polar surface area (TPSA) is 59.1 Å². The third-order valence-corrected chi connectivity index (χ3v) is 1.70. The SMILES string of the molecule is CC(=O)Nc1nc(C=O)cs1. The van der Waals surface area contributed by atoms with Crippen LogP contribution in [0, 0.1) is 0 Å². The number of carbonyl (C=O) groups is 2. The fraction of sp³-hybridized carbons (Fsp3) is 0.167. The molecule has 0 aliphatic heterocycles. The van der Waals surface area contributed by atoms with Crippen molar-refractivity contribution in [1.82, 2.24) is 4.98 Å². The van der Waals surface area contributed by atoms with Crippen LogP contribution in [0.5, 0.6) is 0 Å². The Hall–Kier alpha value is -1.23. The van der Waals surface area contributed by atoms with Crippen LogP contribution in [0.2, 0.25) is 0 Å². The summed E-state index contributed by atoms with van der Waals surface area (Å²) in [6, 6.07) is 0. The molecule has 58 valence electrons. The molecule has 0 aromatic carbocycles. The molecule has 0 radical (unpaired) electrons. The van der Waals surface area contributed by atoms with Gasteiger partial charge in [0.05, 0.1) is 0 Å². The summed E-state index contributed by atoms with van der Waals surface area (Å²) in [5.74, 6) is -0.184. The Balaban J connectivity index is 2.72. The molecular formula is C6H6N2O2S. The van der Waals surface area contributed by atoms with Crippen LogP contribution in [0.4, 0.5) is 5.13 Å². The van der Waals surface area contributed by atoms with Gasteiger partial charge in [-0.2, -0.15) is 0 Å². The molecule has 4 nitrogen and oxygen atoms in total. The number of nitrogens with zero attached hydrogens (tertiary/aromatic N) is 1. The van der Waals surface area contributed by atoms with Crippen molar-refractivity contribution in [3.05, 3.63) is 11.1 Å². The maximum absolute atomic E-state index is 10.5. The van der Waals surface area contributed by atoms with Crippen molar-refractivity contribution >= 4 is 28.7 Å². The lowest BCUT2D eigenvalue weighted by atomic mass is 10.6. The Kier molecular flexibility index (Phi) is 2.32. The van der Waals surface area contributed by atoms with Gasteiger partial charge in [-0.25, -0.2) is 4.98 Å². The summed E-state index contributed by atoms with van der Waals surface area (Å²) in [6.45, 7) is 1.39. The van der Waals surface area contributed by atoms with E-state index in [0.29, 0.717) is 17.1 Å². The fourth-order valence-electron chi connectivity index (χ4n) is 0.548. The molecular weight excluding hydrogens is 164 g/mol. The van der Waals surface area contributed by atoms with E-state index in [1.165, 1.54) is 18.3 Å². The van der Waals surface area contributed by atoms with Crippen LogP contribution in [0.1, 0.15) is 17.4 Å². The smallest absolute Gasteiger partial charge is 0.223 e. The van der Waals surface area contributed by atoms with Crippen LogP contribution in [0.3, 0.4) is 0 Å². The first-order chi connectivity index (χ1) is 5.22. The van der Waals surface area contributed by atoms with Crippen molar-refractivity contribution in [2.75, 3.05) is 5.32 Å². The molecule has 1 aromatic rings. The highest BCUT2D eigenvalue weighted by Crippen LogP contribution is 2.13. The predicted molar refractivity (Wildman–Crippen MR) is 41.8 cm³/mol. The van der Waals surface area contributed by atoms with Gasteiger partial charge >= 0.3 is 0 Å². The first-order valence-electron chi connectivity index (χ1n) is 2.90. The van der Waals surface area contributed by atoms with Crippen molar-refractivity contribution in [1.29, 1.82) is 0 Å². The molecule has 0 unspecified atom stereocenters. The molecule has 1 amide bonds. The lowest BCUT2D eigenvalue weighted by Crippen LogP contribution is -2.05. The van der Waals surface area contributed by atoms with E-state index >= 15 is 0 Å². The van der Waals surface area contributed by atoms with E-state index in [1.807, 2.05) is 0 Å². The fourth-order valence-corrected chi connectivity index (χ4v) is 1.25. The maximum atomic E-state index is 10.5. The number of aromatic nitrogens is 1. The van der Waals surface area contributed by atoms with Gasteiger partial charge in [0.25, 0.3) is 0 Å². The Labute approximate surface area is 67.3 Å². The van der Waals surface area contributed by atoms with Crippen LogP contribution in [-0.2, 0) is 4.79 Å². The predicted octanol–water partition coefficient (Wildman–Crippen LogP) is 0.914. The monoisotopic (exact) mass is 170 g/mol. The van der Waals surface area contributed by atoms with Gasteiger partial charge in [0, 0.05) is 12.3 Å². The molecule has 1 heterocycles. The van der Waals surface area contributed by atoms with Gasteiger partial charge in [-0.15, -0.1) is 11.3 Å². The van der Waals surface area contributed by atoms with Crippen LogP contribution in [0.15, 0.2) is 5.38 Å². The third-order valence-electron chi connectivity index (χ3n) is 0.926. The van der Waals surface area contributed by atoms with Crippen LogP contribution < -0.4 is 5.32 Å². The number of amides is 1. The number of aldehydes is 1. The Morgan fingerprint density at radius 1 is 1.82 bits per heavy atom. The molecule has 0 spiro atoms. The van der Waals surface area contributed by atoms with Crippen LogP contribution in [-0.4, -0.2) is 17.2 Å². The first-order valence-corrected chi connectivity index (χ1v) is 3.78. The number of carbonyl (C=O) groups excluding carboxylic acids is 2. The molecule has 5 heteroatoms. The largest absolute Gasteiger partial charge is 0.302 e. The van der Waals surface area contributed by atoms with Gasteiger partial charge in [-0.1, -0.05) is 0 Å². The highest BCUT2D eigenvalue weighted by atomic mass is 32.1. The number of anilines is 1. The number of hydrogen-bond acceptors (Lipinski definition) is 4. The normalized spacial score (nSPS) is 9.18. The second kappa shape index (κ2) is 3.25. The van der Waals surface area contributed by atoms with Crippen molar-refractivity contribution in [3.63, 3.8) is 0 Å². The summed E-state index contributed by atoms with van der Waals surface area (Å²) < 4.78 is 0. The molecule has 0 fully saturated rings. The molecule has 0 saturated heterocycles. The number of nitrogens with one attached hydrogen (secondary N) is 1. The summed E-state index contributed by atoms with van der Waals surface area (Å²) in [5.41, 5.74) is 0.346. The van der Waals surface area contributed by atoms with Gasteiger partial charge in [-0.3, -0.25) is 9.59 Å². The Morgan fingerprint density at radius 3 is 3.00 bits per heavy atom. The minimum Gasteiger partial charge on any atom is -0.302 e. The van der Waals surface area contributed by atoms with Gasteiger partial charge in [0.2, 0.25) is 5.91 Å². The molecule has 0 atom stereocenters. The molecule has 0 saturated carbocycles. The lowest BCUT2D eigenvalue weighted by molar-refractivity contribution is -0.114. The number of rotatable bonds is 2. The minimum absolute atomic E-state index is 0.184. The van der Waals surface area contributed by atoms with Crippen molar-refractivity contribution in [2.45, 2.75) is 6.92 Å². The quantitative estimate of drug-likeness (QED) is 0.671. The molecule has 1 aromatic heterocycles. The summed E-state index contributed by atoms with van der Waals surface area (Å²) >= 11 is 1.23. The number of hydrogen-bond donors (Lipinski definition) is 1. The van der Waals surface area contributed by atoms with E-state index in [9.17, 15) is 9.59 Å². The lowest BCUT2D eigenvalue weighted by Gasteiger charge is -1.91. The molecule has 1 N–H and O–H groups in total. The molecule has 1 rings (SSSR count). The Morgan fingerprint density at radius 2 is 2.55 bits per heavy atom. The molecule has 11 heavy (non-hydrogen) atoms. The summed E-state index contributed by atoms with van der Waals surface area (Å²) in [4.78, 5) is 24.4. The van der Waals surface area contributed by atoms with E-state index in [0.717, 1.165) is 0 Å². The second-order valence-electron chi connectivity index (χ2n) is 1.88. The summed E-state index contributed by atoms with van der Waals surface area (Å²) in [6.07, 6.45) is 0.641. The molecule has 0 bridgehead atoms. The van der Waals surface area contributed by atoms with Gasteiger partial charge in [0.15, 0.2) is 11.4 Å². The van der Waals surface area contributed by atoms with Crippen LogP contribution >= 0.6 is 11.3 Å². The van der Waals surface area contributed by atoms with Crippen molar-refractivity contribution in [2.24, 2.45) is 0 Å². The van der Waals surface area contributed by atoms with E-state index in [2.05, 4.69) is 10.3 Å². The standard InChI is InChI=1S/C6H6N2O2S/c1-4(10)7-6-8-5(2-9)3-11-6/h2-3H,1H3,(H,7,8,10). The number of thiazole rings is 1. The maximum Gasteiger partial charge on any atom is 0.223 e. The third kappa shape index (κ3) is 2.12. The first kappa shape index (κ1) is 7.87. The van der Waals surface area contributed by atoms with E-state index in [1.54, 1.807) is 5.38 Å². The molecule has 0 aliphatic carbocycles. The Bertz CT molecular complexity index is 282. The minimum atomic E-state index is -0.184. The van der Waals surface area contributed by atoms with Crippen LogP contribution in [0.25, 0.3) is 0 Å². The summed E-state index contributed by atoms with van der Waals surface area (Å²) in [5, 5.41) is 4.51. The molecule has 0 aliphatic rings.